The molecule has 0 aromatic carbocycles. The second-order valence-corrected chi connectivity index (χ2v) is 2.46. The lowest BCUT2D eigenvalue weighted by Gasteiger charge is -2.29. The van der Waals surface area contributed by atoms with Crippen LogP contribution in [0.5, 0.6) is 0 Å². The van der Waals surface area contributed by atoms with Gasteiger partial charge in [-0.15, -0.1) is 0 Å². The monoisotopic (exact) mass is 95.1 g/mol. The van der Waals surface area contributed by atoms with Gasteiger partial charge < -0.3 is 0 Å². The highest BCUT2D eigenvalue weighted by Gasteiger charge is 2.30. The number of allylic oxidation sites excluding steroid dienone is 2. The Morgan fingerprint density at radius 2 is 2.71 bits per heavy atom. The first kappa shape index (κ1) is 2.91. The number of hydrogen-bond donors (Lipinski definition) is 0. The molecule has 3 atom stereocenters. The molecule has 2 rings (SSSR count). The van der Waals surface area contributed by atoms with Gasteiger partial charge in [-0.3, -0.25) is 0 Å². The molecule has 0 aromatic rings. The zero-order valence-corrected chi connectivity index (χ0v) is 4.30. The van der Waals surface area contributed by atoms with Gasteiger partial charge in [-0.25, -0.2) is 0 Å². The summed E-state index contributed by atoms with van der Waals surface area (Å²) in [5.74, 6) is 1.52. The van der Waals surface area contributed by atoms with Crippen molar-refractivity contribution in [2.45, 2.75) is 19.2 Å². The highest BCUT2D eigenvalue weighted by molar-refractivity contribution is 5.05. The van der Waals surface area contributed by atoms with Gasteiger partial charge >= 0.3 is 0 Å². The zero-order chi connectivity index (χ0) is 5.56. The van der Waals surface area contributed by atoms with E-state index in [1.165, 1.54) is 6.42 Å². The van der Waals surface area contributed by atoms with E-state index in [2.05, 4.69) is 12.2 Å². The first-order valence-corrected chi connectivity index (χ1v) is 2.97. The van der Waals surface area contributed by atoms with Gasteiger partial charge in [0.15, 0.2) is 0 Å². The predicted octanol–water partition coefficient (Wildman–Crippen LogP) is 1.97. The lowest BCUT2D eigenvalue weighted by molar-refractivity contribution is 0.249. The molecule has 0 unspecified atom stereocenters. The summed E-state index contributed by atoms with van der Waals surface area (Å²) in [6, 6.07) is 0. The summed E-state index contributed by atoms with van der Waals surface area (Å²) in [6.07, 6.45) is 7.08. The van der Waals surface area contributed by atoms with Crippen LogP contribution in [0.25, 0.3) is 0 Å². The Balaban J connectivity index is 2.08. The summed E-state index contributed by atoms with van der Waals surface area (Å²) < 4.78 is 7.40. The lowest BCUT2D eigenvalue weighted by atomic mass is 9.76. The van der Waals surface area contributed by atoms with E-state index >= 15 is 0 Å². The Labute approximate surface area is 45.6 Å². The van der Waals surface area contributed by atoms with E-state index in [-0.39, 0.29) is 6.40 Å². The third-order valence-electron chi connectivity index (χ3n) is 2.05. The van der Waals surface area contributed by atoms with E-state index in [0.717, 1.165) is 18.3 Å². The summed E-state index contributed by atoms with van der Waals surface area (Å²) in [5, 5.41) is 0. The first-order chi connectivity index (χ1) is 3.88. The molecular formula is C7H10. The van der Waals surface area contributed by atoms with Crippen LogP contribution in [0.3, 0.4) is 0 Å². The Morgan fingerprint density at radius 3 is 3.29 bits per heavy atom. The van der Waals surface area contributed by atoms with Gasteiger partial charge in [0.05, 0.1) is 0 Å². The predicted molar refractivity (Wildman–Crippen MR) is 30.0 cm³/mol. The third-order valence-corrected chi connectivity index (χ3v) is 2.05. The van der Waals surface area contributed by atoms with E-state index < -0.39 is 0 Å². The van der Waals surface area contributed by atoms with Crippen molar-refractivity contribution < 1.29 is 1.37 Å². The SMILES string of the molecule is [2H][C@H]1C[C@@H]2C=CC[C@H]12. The molecule has 0 heterocycles. The summed E-state index contributed by atoms with van der Waals surface area (Å²) in [7, 11) is 0. The van der Waals surface area contributed by atoms with Crippen molar-refractivity contribution in [2.24, 2.45) is 11.8 Å². The van der Waals surface area contributed by atoms with Crippen LogP contribution in [0, 0.1) is 11.8 Å². The Bertz CT molecular complexity index is 128. The summed E-state index contributed by atoms with van der Waals surface area (Å²) in [6.45, 7) is 0. The maximum absolute atomic E-state index is 7.40. The van der Waals surface area contributed by atoms with Crippen molar-refractivity contribution in [1.82, 2.24) is 0 Å². The molecule has 0 N–H and O–H groups in total. The summed E-state index contributed by atoms with van der Waals surface area (Å²) in [4.78, 5) is 0. The lowest BCUT2D eigenvalue weighted by Crippen LogP contribution is -2.18. The number of rotatable bonds is 0. The Hall–Kier alpha value is -0.260. The maximum atomic E-state index is 7.40. The summed E-state index contributed by atoms with van der Waals surface area (Å²) >= 11 is 0. The summed E-state index contributed by atoms with van der Waals surface area (Å²) in [5.41, 5.74) is 0. The van der Waals surface area contributed by atoms with Crippen LogP contribution in [0.4, 0.5) is 0 Å². The van der Waals surface area contributed by atoms with Crippen LogP contribution in [-0.2, 0) is 0 Å². The van der Waals surface area contributed by atoms with E-state index in [1.54, 1.807) is 0 Å². The first-order valence-electron chi connectivity index (χ1n) is 3.54. The normalized spacial score (nSPS) is 58.3. The molecule has 1 saturated carbocycles. The Kier molecular flexibility index (Phi) is 0.464. The molecule has 0 aliphatic heterocycles. The quantitative estimate of drug-likeness (QED) is 0.403. The molecule has 0 heteroatoms. The topological polar surface area (TPSA) is 0 Å². The molecule has 0 saturated heterocycles. The van der Waals surface area contributed by atoms with Crippen LogP contribution in [0.1, 0.15) is 20.6 Å². The van der Waals surface area contributed by atoms with Crippen molar-refractivity contribution in [3.63, 3.8) is 0 Å². The average Bonchev–Trinajstić information content (AvgIpc) is 2.09. The molecule has 0 radical (unpaired) electrons. The highest BCUT2D eigenvalue weighted by Crippen LogP contribution is 2.41. The Morgan fingerprint density at radius 1 is 1.71 bits per heavy atom. The molecule has 0 spiro atoms. The van der Waals surface area contributed by atoms with Gasteiger partial charge in [0.25, 0.3) is 0 Å². The molecule has 1 fully saturated rings. The molecule has 0 nitrogen and oxygen atoms in total. The van der Waals surface area contributed by atoms with Gasteiger partial charge in [0.2, 0.25) is 0 Å². The van der Waals surface area contributed by atoms with Gasteiger partial charge in [-0.05, 0) is 31.1 Å². The van der Waals surface area contributed by atoms with Crippen LogP contribution >= 0.6 is 0 Å². The molecule has 2 aliphatic carbocycles. The minimum atomic E-state index is 0.273. The standard InChI is InChI=1S/C7H10/c1-2-6-4-5-7(6)3-1/h1-2,6-7H,3-5H2/t6-,7+/m0/s1/i5D/t5-,6-,7+. The molecule has 0 amide bonds. The van der Waals surface area contributed by atoms with E-state index in [4.69, 9.17) is 1.37 Å². The number of hydrogen-bond acceptors (Lipinski definition) is 0. The smallest absolute Gasteiger partial charge is 0.0270 e. The van der Waals surface area contributed by atoms with Crippen molar-refractivity contribution in [3.05, 3.63) is 12.2 Å². The molecule has 0 aromatic heterocycles. The molecule has 2 aliphatic rings. The molecule has 0 bridgehead atoms. The second kappa shape index (κ2) is 1.12. The van der Waals surface area contributed by atoms with Gasteiger partial charge in [-0.2, -0.15) is 0 Å². The van der Waals surface area contributed by atoms with Gasteiger partial charge in [0, 0.05) is 1.37 Å². The van der Waals surface area contributed by atoms with Crippen molar-refractivity contribution in [3.8, 4) is 0 Å². The van der Waals surface area contributed by atoms with Crippen LogP contribution < -0.4 is 0 Å². The van der Waals surface area contributed by atoms with Crippen LogP contribution in [0.2, 0.25) is 0 Å². The van der Waals surface area contributed by atoms with E-state index in [0.29, 0.717) is 0 Å². The third kappa shape index (κ3) is 0.370. The molecular weight excluding hydrogens is 84.1 g/mol. The van der Waals surface area contributed by atoms with Crippen molar-refractivity contribution in [1.29, 1.82) is 0 Å². The van der Waals surface area contributed by atoms with Gasteiger partial charge in [0.1, 0.15) is 0 Å². The average molecular weight is 95.2 g/mol. The van der Waals surface area contributed by atoms with E-state index in [1.807, 2.05) is 0 Å². The maximum Gasteiger partial charge on any atom is 0.0270 e. The van der Waals surface area contributed by atoms with Crippen molar-refractivity contribution >= 4 is 0 Å². The molecule has 38 valence electrons. The van der Waals surface area contributed by atoms with Crippen LogP contribution in [0.15, 0.2) is 12.2 Å². The fourth-order valence-corrected chi connectivity index (χ4v) is 1.39. The number of fused-ring (bicyclic) bond motifs is 1. The minimum Gasteiger partial charge on any atom is -0.0880 e. The second-order valence-electron chi connectivity index (χ2n) is 2.46. The van der Waals surface area contributed by atoms with Crippen molar-refractivity contribution in [2.75, 3.05) is 0 Å². The minimum absolute atomic E-state index is 0.273. The van der Waals surface area contributed by atoms with Crippen LogP contribution in [-0.4, -0.2) is 0 Å². The van der Waals surface area contributed by atoms with E-state index in [9.17, 15) is 0 Å². The fraction of sp³-hybridized carbons (Fsp3) is 0.714. The molecule has 7 heavy (non-hydrogen) atoms. The van der Waals surface area contributed by atoms with Gasteiger partial charge in [-0.1, -0.05) is 12.2 Å². The largest absolute Gasteiger partial charge is 0.0880 e. The fourth-order valence-electron chi connectivity index (χ4n) is 1.39. The highest BCUT2D eigenvalue weighted by atomic mass is 14.3. The zero-order valence-electron chi connectivity index (χ0n) is 5.30.